The molecule has 7 heteroatoms. The lowest BCUT2D eigenvalue weighted by molar-refractivity contribution is 0.598. The summed E-state index contributed by atoms with van der Waals surface area (Å²) < 4.78 is 34.8. The third-order valence-electron chi connectivity index (χ3n) is 2.52. The molecule has 0 fully saturated rings. The molecule has 0 heterocycles. The lowest BCUT2D eigenvalue weighted by Crippen LogP contribution is -2.11. The van der Waals surface area contributed by atoms with E-state index in [0.717, 1.165) is 5.56 Å². The van der Waals surface area contributed by atoms with Gasteiger partial charge in [0.05, 0.1) is 17.1 Å². The van der Waals surface area contributed by atoms with Crippen molar-refractivity contribution in [3.63, 3.8) is 0 Å². The number of benzene rings is 2. The first-order chi connectivity index (χ1) is 9.45. The van der Waals surface area contributed by atoms with E-state index in [9.17, 15) is 12.8 Å². The Morgan fingerprint density at radius 3 is 2.15 bits per heavy atom. The van der Waals surface area contributed by atoms with Gasteiger partial charge < -0.3 is 0 Å². The molecule has 0 aliphatic heterocycles. The fraction of sp³-hybridized carbons (Fsp3) is 0.0769. The van der Waals surface area contributed by atoms with Crippen molar-refractivity contribution in [2.45, 2.75) is 11.4 Å². The Kier molecular flexibility index (Phi) is 4.21. The van der Waals surface area contributed by atoms with Crippen LogP contribution in [0.4, 0.5) is 10.1 Å². The second-order valence-corrected chi connectivity index (χ2v) is 5.63. The van der Waals surface area contributed by atoms with Gasteiger partial charge in [0, 0.05) is 0 Å². The fourth-order valence-corrected chi connectivity index (χ4v) is 2.01. The maximum absolute atomic E-state index is 12.7. The zero-order valence-electron chi connectivity index (χ0n) is 10.4. The summed E-state index contributed by atoms with van der Waals surface area (Å²) in [7, 11) is -3.69. The number of hydrogen-bond acceptors (Lipinski definition) is 4. The molecule has 0 aromatic heterocycles. The first kappa shape index (κ1) is 14.3. The lowest BCUT2D eigenvalue weighted by atomic mass is 10.2. The SMILES string of the molecule is NS(=O)(=O)c1ccc(N=NCc2ccc(F)cc2)cc1. The molecular formula is C13H12FN3O2S. The van der Waals surface area contributed by atoms with E-state index in [1.807, 2.05) is 0 Å². The highest BCUT2D eigenvalue weighted by molar-refractivity contribution is 7.89. The fourth-order valence-electron chi connectivity index (χ4n) is 1.49. The standard InChI is InChI=1S/C13H12FN3O2S/c14-11-3-1-10(2-4-11)9-16-17-12-5-7-13(8-6-12)20(15,18)19/h1-8H,9H2,(H2,15,18,19). The third kappa shape index (κ3) is 3.94. The number of halogens is 1. The molecule has 2 rings (SSSR count). The van der Waals surface area contributed by atoms with E-state index in [1.54, 1.807) is 12.1 Å². The van der Waals surface area contributed by atoms with Crippen LogP contribution in [0.15, 0.2) is 63.7 Å². The summed E-state index contributed by atoms with van der Waals surface area (Å²) in [5, 5.41) is 12.9. The second kappa shape index (κ2) is 5.89. The molecule has 2 N–H and O–H groups in total. The van der Waals surface area contributed by atoms with Gasteiger partial charge in [-0.1, -0.05) is 12.1 Å². The second-order valence-electron chi connectivity index (χ2n) is 4.06. The van der Waals surface area contributed by atoms with Crippen LogP contribution < -0.4 is 5.14 Å². The predicted molar refractivity (Wildman–Crippen MR) is 72.4 cm³/mol. The molecule has 0 unspecified atom stereocenters. The molecule has 2 aromatic rings. The van der Waals surface area contributed by atoms with E-state index in [-0.39, 0.29) is 10.7 Å². The van der Waals surface area contributed by atoms with Crippen LogP contribution in [0, 0.1) is 5.82 Å². The van der Waals surface area contributed by atoms with Crippen LogP contribution >= 0.6 is 0 Å². The van der Waals surface area contributed by atoms with Gasteiger partial charge in [-0.15, -0.1) is 0 Å². The van der Waals surface area contributed by atoms with Crippen LogP contribution in [0.25, 0.3) is 0 Å². The Balaban J connectivity index is 2.03. The first-order valence-electron chi connectivity index (χ1n) is 5.70. The Bertz CT molecular complexity index is 710. The van der Waals surface area contributed by atoms with Gasteiger partial charge in [0.1, 0.15) is 5.82 Å². The van der Waals surface area contributed by atoms with E-state index < -0.39 is 10.0 Å². The van der Waals surface area contributed by atoms with E-state index in [4.69, 9.17) is 5.14 Å². The van der Waals surface area contributed by atoms with Crippen LogP contribution in [0.2, 0.25) is 0 Å². The zero-order chi connectivity index (χ0) is 14.6. The minimum atomic E-state index is -3.69. The normalized spacial score (nSPS) is 11.9. The summed E-state index contributed by atoms with van der Waals surface area (Å²) in [5.41, 5.74) is 1.34. The molecule has 0 atom stereocenters. The number of nitrogens with zero attached hydrogens (tertiary/aromatic N) is 2. The van der Waals surface area contributed by atoms with Crippen molar-refractivity contribution in [1.82, 2.24) is 0 Å². The molecule has 0 spiro atoms. The van der Waals surface area contributed by atoms with Gasteiger partial charge in [-0.2, -0.15) is 10.2 Å². The molecule has 20 heavy (non-hydrogen) atoms. The summed E-state index contributed by atoms with van der Waals surface area (Å²) in [4.78, 5) is 0.0231. The minimum Gasteiger partial charge on any atom is -0.225 e. The van der Waals surface area contributed by atoms with Crippen molar-refractivity contribution >= 4 is 15.7 Å². The molecule has 0 aliphatic carbocycles. The molecule has 0 bridgehead atoms. The Labute approximate surface area is 116 Å². The van der Waals surface area contributed by atoms with E-state index in [0.29, 0.717) is 12.2 Å². The van der Waals surface area contributed by atoms with Crippen molar-refractivity contribution in [1.29, 1.82) is 0 Å². The number of rotatable bonds is 4. The monoisotopic (exact) mass is 293 g/mol. The number of sulfonamides is 1. The topological polar surface area (TPSA) is 84.9 Å². The molecule has 104 valence electrons. The summed E-state index contributed by atoms with van der Waals surface area (Å²) in [6, 6.07) is 11.7. The number of primary sulfonamides is 1. The summed E-state index contributed by atoms with van der Waals surface area (Å²) >= 11 is 0. The number of azo groups is 1. The van der Waals surface area contributed by atoms with Gasteiger partial charge in [0.15, 0.2) is 0 Å². The van der Waals surface area contributed by atoms with E-state index in [1.165, 1.54) is 36.4 Å². The maximum Gasteiger partial charge on any atom is 0.238 e. The maximum atomic E-state index is 12.7. The van der Waals surface area contributed by atoms with Crippen LogP contribution in [0.5, 0.6) is 0 Å². The molecule has 0 saturated carbocycles. The Hall–Kier alpha value is -2.12. The van der Waals surface area contributed by atoms with Gasteiger partial charge in [-0.25, -0.2) is 17.9 Å². The van der Waals surface area contributed by atoms with Gasteiger partial charge in [0.2, 0.25) is 10.0 Å². The van der Waals surface area contributed by atoms with Gasteiger partial charge in [0.25, 0.3) is 0 Å². The molecule has 0 aliphatic rings. The minimum absolute atomic E-state index is 0.0231. The molecule has 5 nitrogen and oxygen atoms in total. The van der Waals surface area contributed by atoms with Crippen LogP contribution in [0.1, 0.15) is 5.56 Å². The molecule has 0 amide bonds. The summed E-state index contributed by atoms with van der Waals surface area (Å²) in [6.07, 6.45) is 0. The van der Waals surface area contributed by atoms with Gasteiger partial charge in [-0.05, 0) is 42.0 Å². The van der Waals surface area contributed by atoms with Crippen LogP contribution in [0.3, 0.4) is 0 Å². The van der Waals surface area contributed by atoms with E-state index >= 15 is 0 Å². The third-order valence-corrected chi connectivity index (χ3v) is 3.45. The molecule has 0 saturated heterocycles. The van der Waals surface area contributed by atoms with Crippen molar-refractivity contribution in [3.05, 3.63) is 59.9 Å². The smallest absolute Gasteiger partial charge is 0.225 e. The average Bonchev–Trinajstić information content (AvgIpc) is 2.41. The lowest BCUT2D eigenvalue weighted by Gasteiger charge is -1.98. The quantitative estimate of drug-likeness (QED) is 0.879. The van der Waals surface area contributed by atoms with Gasteiger partial charge >= 0.3 is 0 Å². The van der Waals surface area contributed by atoms with Crippen molar-refractivity contribution in [3.8, 4) is 0 Å². The Morgan fingerprint density at radius 2 is 1.60 bits per heavy atom. The van der Waals surface area contributed by atoms with E-state index in [2.05, 4.69) is 10.2 Å². The number of hydrogen-bond donors (Lipinski definition) is 1. The van der Waals surface area contributed by atoms with Crippen molar-refractivity contribution < 1.29 is 12.8 Å². The predicted octanol–water partition coefficient (Wildman–Crippen LogP) is 2.76. The van der Waals surface area contributed by atoms with Crippen LogP contribution in [-0.4, -0.2) is 8.42 Å². The summed E-state index contributed by atoms with van der Waals surface area (Å²) in [5.74, 6) is -0.302. The zero-order valence-corrected chi connectivity index (χ0v) is 11.2. The molecular weight excluding hydrogens is 281 g/mol. The highest BCUT2D eigenvalue weighted by Crippen LogP contribution is 2.16. The number of nitrogens with two attached hydrogens (primary N) is 1. The van der Waals surface area contributed by atoms with Gasteiger partial charge in [-0.3, -0.25) is 0 Å². The Morgan fingerprint density at radius 1 is 1.00 bits per heavy atom. The largest absolute Gasteiger partial charge is 0.238 e. The highest BCUT2D eigenvalue weighted by Gasteiger charge is 2.06. The summed E-state index contributed by atoms with van der Waals surface area (Å²) in [6.45, 7) is 0.317. The first-order valence-corrected chi connectivity index (χ1v) is 7.24. The van der Waals surface area contributed by atoms with Crippen molar-refractivity contribution in [2.75, 3.05) is 0 Å². The van der Waals surface area contributed by atoms with Crippen molar-refractivity contribution in [2.24, 2.45) is 15.4 Å². The highest BCUT2D eigenvalue weighted by atomic mass is 32.2. The molecule has 0 radical (unpaired) electrons. The van der Waals surface area contributed by atoms with Crippen LogP contribution in [-0.2, 0) is 16.6 Å². The molecule has 2 aromatic carbocycles. The average molecular weight is 293 g/mol.